The fraction of sp³-hybridized carbons (Fsp3) is 0.111. The second-order valence-electron chi connectivity index (χ2n) is 5.46. The third kappa shape index (κ3) is 3.62. The highest BCUT2D eigenvalue weighted by molar-refractivity contribution is 8.01. The lowest BCUT2D eigenvalue weighted by atomic mass is 10.2. The van der Waals surface area contributed by atoms with Crippen LogP contribution in [-0.4, -0.2) is 19.9 Å². The quantitative estimate of drug-likeness (QED) is 0.324. The van der Waals surface area contributed by atoms with Crippen LogP contribution in [0.3, 0.4) is 0 Å². The van der Waals surface area contributed by atoms with Gasteiger partial charge >= 0.3 is 0 Å². The Morgan fingerprint density at radius 3 is 2.50 bits per heavy atom. The lowest BCUT2D eigenvalue weighted by Gasteiger charge is -2.02. The average molecular weight is 399 g/mol. The van der Waals surface area contributed by atoms with Gasteiger partial charge in [-0.15, -0.1) is 5.10 Å². The molecule has 1 unspecified atom stereocenters. The molecule has 0 aliphatic rings. The summed E-state index contributed by atoms with van der Waals surface area (Å²) < 4.78 is 8.79. The number of aromatic nitrogens is 4. The highest BCUT2D eigenvalue weighted by Gasteiger charge is 2.19. The third-order valence-corrected chi connectivity index (χ3v) is 6.03. The fourth-order valence-corrected chi connectivity index (χ4v) is 4.88. The van der Waals surface area contributed by atoms with E-state index in [1.165, 1.54) is 11.3 Å². The summed E-state index contributed by atoms with van der Waals surface area (Å²) in [4.78, 5) is 4.51. The first kappa shape index (κ1) is 17.1. The van der Waals surface area contributed by atoms with Gasteiger partial charge in [-0.1, -0.05) is 76.8 Å². The molecule has 0 N–H and O–H groups in total. The molecule has 130 valence electrons. The third-order valence-electron chi connectivity index (χ3n) is 3.63. The Balaban J connectivity index is 1.53. The van der Waals surface area contributed by atoms with Crippen molar-refractivity contribution >= 4 is 35.3 Å². The van der Waals surface area contributed by atoms with Crippen LogP contribution in [0.4, 0.5) is 0 Å². The van der Waals surface area contributed by atoms with Crippen molar-refractivity contribution in [3.63, 3.8) is 0 Å². The number of nitrogens with zero attached hydrogens (tertiary/aromatic N) is 4. The molecule has 0 aliphatic heterocycles. The Bertz CT molecular complexity index is 1060. The molecule has 0 saturated carbocycles. The van der Waals surface area contributed by atoms with Crippen molar-refractivity contribution < 1.29 is 4.52 Å². The fourth-order valence-electron chi connectivity index (χ4n) is 2.35. The van der Waals surface area contributed by atoms with Crippen LogP contribution in [0.15, 0.2) is 69.5 Å². The molecule has 0 amide bonds. The van der Waals surface area contributed by atoms with Crippen molar-refractivity contribution in [2.75, 3.05) is 0 Å². The van der Waals surface area contributed by atoms with Gasteiger partial charge < -0.3 is 4.52 Å². The van der Waals surface area contributed by atoms with Crippen LogP contribution in [0, 0.1) is 3.95 Å². The summed E-state index contributed by atoms with van der Waals surface area (Å²) >= 11 is 8.48. The summed E-state index contributed by atoms with van der Waals surface area (Å²) in [5, 5.41) is 8.67. The van der Waals surface area contributed by atoms with Crippen molar-refractivity contribution in [3.05, 3.63) is 70.5 Å². The molecule has 5 nitrogen and oxygen atoms in total. The molecule has 1 atom stereocenters. The zero-order valence-electron chi connectivity index (χ0n) is 13.8. The van der Waals surface area contributed by atoms with Crippen molar-refractivity contribution in [2.24, 2.45) is 0 Å². The van der Waals surface area contributed by atoms with E-state index >= 15 is 0 Å². The first-order chi connectivity index (χ1) is 12.7. The van der Waals surface area contributed by atoms with E-state index in [0.29, 0.717) is 15.7 Å². The Morgan fingerprint density at radius 2 is 1.77 bits per heavy atom. The monoisotopic (exact) mass is 398 g/mol. The largest absolute Gasteiger partial charge is 0.338 e. The predicted molar refractivity (Wildman–Crippen MR) is 106 cm³/mol. The SMILES string of the molecule is CC(Sc1nn(-c2ccccc2)c(=S)s1)c1nc(-c2ccccc2)no1. The highest BCUT2D eigenvalue weighted by Crippen LogP contribution is 2.36. The molecule has 0 radical (unpaired) electrons. The zero-order chi connectivity index (χ0) is 17.9. The molecular formula is C18H14N4OS3. The van der Waals surface area contributed by atoms with E-state index in [4.69, 9.17) is 16.7 Å². The number of hydrogen-bond acceptors (Lipinski definition) is 7. The molecule has 2 aromatic carbocycles. The molecule has 26 heavy (non-hydrogen) atoms. The van der Waals surface area contributed by atoms with Gasteiger partial charge in [-0.2, -0.15) is 4.98 Å². The van der Waals surface area contributed by atoms with Crippen molar-refractivity contribution in [2.45, 2.75) is 16.5 Å². The zero-order valence-corrected chi connectivity index (χ0v) is 16.2. The standard InChI is InChI=1S/C18H14N4OS3/c1-12(16-19-15(21-23-16)13-8-4-2-5-9-13)25-17-20-22(18(24)26-17)14-10-6-3-7-11-14/h2-12H,1H3. The lowest BCUT2D eigenvalue weighted by molar-refractivity contribution is 0.381. The van der Waals surface area contributed by atoms with E-state index in [1.807, 2.05) is 67.6 Å². The van der Waals surface area contributed by atoms with E-state index in [1.54, 1.807) is 16.4 Å². The van der Waals surface area contributed by atoms with E-state index < -0.39 is 0 Å². The van der Waals surface area contributed by atoms with Gasteiger partial charge in [0.1, 0.15) is 0 Å². The van der Waals surface area contributed by atoms with Gasteiger partial charge in [-0.25, -0.2) is 4.68 Å². The molecule has 0 aliphatic carbocycles. The molecule has 0 bridgehead atoms. The van der Waals surface area contributed by atoms with Gasteiger partial charge in [0.05, 0.1) is 10.9 Å². The molecule has 0 saturated heterocycles. The normalized spacial score (nSPS) is 12.2. The van der Waals surface area contributed by atoms with Crippen molar-refractivity contribution in [3.8, 4) is 17.1 Å². The van der Waals surface area contributed by atoms with Crippen molar-refractivity contribution in [1.82, 2.24) is 19.9 Å². The molecule has 2 aromatic heterocycles. The van der Waals surface area contributed by atoms with Crippen LogP contribution in [0.1, 0.15) is 18.1 Å². The molecule has 2 heterocycles. The molecule has 4 rings (SSSR count). The first-order valence-corrected chi connectivity index (χ1v) is 10.0. The summed E-state index contributed by atoms with van der Waals surface area (Å²) in [5.74, 6) is 1.16. The molecule has 4 aromatic rings. The Labute approximate surface area is 163 Å². The predicted octanol–water partition coefficient (Wildman–Crippen LogP) is 5.57. The topological polar surface area (TPSA) is 56.7 Å². The minimum absolute atomic E-state index is 0.0234. The van der Waals surface area contributed by atoms with Gasteiger partial charge in [0.15, 0.2) is 8.29 Å². The molecule has 8 heteroatoms. The van der Waals surface area contributed by atoms with E-state index in [0.717, 1.165) is 15.6 Å². The average Bonchev–Trinajstić information content (AvgIpc) is 3.30. The van der Waals surface area contributed by atoms with Gasteiger partial charge in [0.25, 0.3) is 0 Å². The van der Waals surface area contributed by atoms with Crippen LogP contribution in [0.2, 0.25) is 0 Å². The number of benzene rings is 2. The van der Waals surface area contributed by atoms with Crippen LogP contribution in [0.5, 0.6) is 0 Å². The molecular weight excluding hydrogens is 384 g/mol. The van der Waals surface area contributed by atoms with E-state index in [-0.39, 0.29) is 5.25 Å². The maximum absolute atomic E-state index is 5.45. The van der Waals surface area contributed by atoms with Crippen LogP contribution in [-0.2, 0) is 0 Å². The Kier molecular flexibility index (Phi) is 4.96. The number of thioether (sulfide) groups is 1. The van der Waals surface area contributed by atoms with Crippen molar-refractivity contribution in [1.29, 1.82) is 0 Å². The van der Waals surface area contributed by atoms with Crippen LogP contribution in [0.25, 0.3) is 17.1 Å². The van der Waals surface area contributed by atoms with Gasteiger partial charge in [-0.3, -0.25) is 0 Å². The number of hydrogen-bond donors (Lipinski definition) is 0. The minimum Gasteiger partial charge on any atom is -0.338 e. The van der Waals surface area contributed by atoms with Gasteiger partial charge in [-0.05, 0) is 31.3 Å². The Morgan fingerprint density at radius 1 is 1.08 bits per heavy atom. The minimum atomic E-state index is -0.0234. The number of rotatable bonds is 5. The van der Waals surface area contributed by atoms with Crippen LogP contribution >= 0.6 is 35.3 Å². The smallest absolute Gasteiger partial charge is 0.240 e. The Hall–Kier alpha value is -2.29. The van der Waals surface area contributed by atoms with E-state index in [2.05, 4.69) is 15.2 Å². The summed E-state index contributed by atoms with van der Waals surface area (Å²) in [6, 6.07) is 19.6. The lowest BCUT2D eigenvalue weighted by Crippen LogP contribution is -1.96. The number of para-hydroxylation sites is 1. The molecule has 0 spiro atoms. The summed E-state index contributed by atoms with van der Waals surface area (Å²) in [6.07, 6.45) is 0. The maximum Gasteiger partial charge on any atom is 0.240 e. The summed E-state index contributed by atoms with van der Waals surface area (Å²) in [7, 11) is 0. The molecule has 0 fully saturated rings. The first-order valence-electron chi connectivity index (χ1n) is 7.92. The van der Waals surface area contributed by atoms with E-state index in [9.17, 15) is 0 Å². The highest BCUT2D eigenvalue weighted by atomic mass is 32.2. The second-order valence-corrected chi connectivity index (χ2v) is 8.67. The second kappa shape index (κ2) is 7.53. The maximum atomic E-state index is 5.45. The summed E-state index contributed by atoms with van der Waals surface area (Å²) in [6.45, 7) is 2.02. The summed E-state index contributed by atoms with van der Waals surface area (Å²) in [5.41, 5.74) is 1.89. The van der Waals surface area contributed by atoms with Gasteiger partial charge in [0, 0.05) is 5.56 Å². The van der Waals surface area contributed by atoms with Crippen LogP contribution < -0.4 is 0 Å². The van der Waals surface area contributed by atoms with Gasteiger partial charge in [0.2, 0.25) is 11.7 Å².